The van der Waals surface area contributed by atoms with E-state index in [0.29, 0.717) is 6.54 Å². The maximum atomic E-state index is 8.97. The van der Waals surface area contributed by atoms with Gasteiger partial charge in [-0.25, -0.2) is 0 Å². The fraction of sp³-hybridized carbons (Fsp3) is 0.333. The molecule has 0 aromatic heterocycles. The van der Waals surface area contributed by atoms with Crippen LogP contribution >= 0.6 is 0 Å². The summed E-state index contributed by atoms with van der Waals surface area (Å²) in [5.41, 5.74) is 12.9. The summed E-state index contributed by atoms with van der Waals surface area (Å²) in [4.78, 5) is 0. The van der Waals surface area contributed by atoms with Gasteiger partial charge in [-0.2, -0.15) is 0 Å². The quantitative estimate of drug-likeness (QED) is 0.598. The molecule has 12 heavy (non-hydrogen) atoms. The van der Waals surface area contributed by atoms with Crippen molar-refractivity contribution in [3.05, 3.63) is 35.4 Å². The molecule has 1 aromatic rings. The van der Waals surface area contributed by atoms with Crippen LogP contribution in [0.1, 0.15) is 17.2 Å². The number of benzene rings is 1. The molecule has 0 amide bonds. The Balaban J connectivity index is 2.96. The van der Waals surface area contributed by atoms with Crippen molar-refractivity contribution in [2.24, 2.45) is 11.5 Å². The van der Waals surface area contributed by atoms with Crippen LogP contribution in [0.25, 0.3) is 0 Å². The van der Waals surface area contributed by atoms with E-state index < -0.39 is 0 Å². The Morgan fingerprint density at radius 1 is 1.33 bits per heavy atom. The zero-order chi connectivity index (χ0) is 8.97. The summed E-state index contributed by atoms with van der Waals surface area (Å²) in [5, 5.41) is 8.97. The fourth-order valence-corrected chi connectivity index (χ4v) is 1.17. The van der Waals surface area contributed by atoms with Gasteiger partial charge in [0.25, 0.3) is 0 Å². The second-order valence-corrected chi connectivity index (χ2v) is 2.70. The predicted octanol–water partition coefficient (Wildman–Crippen LogP) is 0.137. The van der Waals surface area contributed by atoms with Crippen LogP contribution in [-0.2, 0) is 6.61 Å². The SMILES string of the molecule is NC[C@@H](N)c1ccccc1CO. The maximum Gasteiger partial charge on any atom is 0.0685 e. The van der Waals surface area contributed by atoms with Crippen molar-refractivity contribution in [2.45, 2.75) is 12.6 Å². The molecule has 0 aliphatic carbocycles. The van der Waals surface area contributed by atoms with Crippen LogP contribution in [0.4, 0.5) is 0 Å². The second-order valence-electron chi connectivity index (χ2n) is 2.70. The van der Waals surface area contributed by atoms with E-state index in [4.69, 9.17) is 16.6 Å². The molecule has 1 rings (SSSR count). The number of nitrogens with two attached hydrogens (primary N) is 2. The van der Waals surface area contributed by atoms with Gasteiger partial charge < -0.3 is 16.6 Å². The van der Waals surface area contributed by atoms with E-state index in [-0.39, 0.29) is 12.6 Å². The smallest absolute Gasteiger partial charge is 0.0685 e. The molecule has 3 heteroatoms. The first kappa shape index (κ1) is 9.19. The maximum absolute atomic E-state index is 8.97. The third-order valence-corrected chi connectivity index (χ3v) is 1.88. The zero-order valence-electron chi connectivity index (χ0n) is 6.90. The Morgan fingerprint density at radius 3 is 2.58 bits per heavy atom. The molecule has 0 bridgehead atoms. The van der Waals surface area contributed by atoms with Crippen LogP contribution in [0.3, 0.4) is 0 Å². The molecule has 5 N–H and O–H groups in total. The topological polar surface area (TPSA) is 72.3 Å². The summed E-state index contributed by atoms with van der Waals surface area (Å²) in [6, 6.07) is 7.34. The van der Waals surface area contributed by atoms with Crippen molar-refractivity contribution >= 4 is 0 Å². The second kappa shape index (κ2) is 4.21. The Labute approximate surface area is 72.0 Å². The van der Waals surface area contributed by atoms with Crippen molar-refractivity contribution in [1.29, 1.82) is 0 Å². The van der Waals surface area contributed by atoms with Gasteiger partial charge in [-0.15, -0.1) is 0 Å². The van der Waals surface area contributed by atoms with Gasteiger partial charge >= 0.3 is 0 Å². The number of hydrogen-bond donors (Lipinski definition) is 3. The standard InChI is InChI=1S/C9H14N2O/c10-5-9(11)8-4-2-1-3-7(8)6-12/h1-4,9,12H,5-6,10-11H2/t9-/m1/s1. The van der Waals surface area contributed by atoms with Gasteiger partial charge in [0.05, 0.1) is 6.61 Å². The van der Waals surface area contributed by atoms with E-state index in [9.17, 15) is 0 Å². The molecule has 0 spiro atoms. The van der Waals surface area contributed by atoms with Crippen molar-refractivity contribution in [3.8, 4) is 0 Å². The van der Waals surface area contributed by atoms with Gasteiger partial charge in [0.2, 0.25) is 0 Å². The molecule has 0 saturated heterocycles. The first-order chi connectivity index (χ1) is 5.79. The van der Waals surface area contributed by atoms with Gasteiger partial charge in [-0.1, -0.05) is 24.3 Å². The normalized spacial score (nSPS) is 12.9. The minimum absolute atomic E-state index is 0.0177. The third kappa shape index (κ3) is 1.82. The summed E-state index contributed by atoms with van der Waals surface area (Å²) in [6.45, 7) is 0.418. The highest BCUT2D eigenvalue weighted by molar-refractivity contribution is 5.29. The highest BCUT2D eigenvalue weighted by atomic mass is 16.3. The van der Waals surface area contributed by atoms with Crippen LogP contribution in [0.5, 0.6) is 0 Å². The van der Waals surface area contributed by atoms with Crippen molar-refractivity contribution in [2.75, 3.05) is 6.54 Å². The number of aliphatic hydroxyl groups excluding tert-OH is 1. The zero-order valence-corrected chi connectivity index (χ0v) is 6.90. The Bertz CT molecular complexity index is 250. The monoisotopic (exact) mass is 166 g/mol. The summed E-state index contributed by atoms with van der Waals surface area (Å²) in [6.07, 6.45) is 0. The van der Waals surface area contributed by atoms with Gasteiger partial charge in [0, 0.05) is 12.6 Å². The van der Waals surface area contributed by atoms with Gasteiger partial charge in [0.1, 0.15) is 0 Å². The highest BCUT2D eigenvalue weighted by Gasteiger charge is 2.06. The lowest BCUT2D eigenvalue weighted by atomic mass is 10.0. The minimum atomic E-state index is -0.173. The molecule has 0 unspecified atom stereocenters. The third-order valence-electron chi connectivity index (χ3n) is 1.88. The van der Waals surface area contributed by atoms with Crippen LogP contribution in [0, 0.1) is 0 Å². The van der Waals surface area contributed by atoms with E-state index in [1.165, 1.54) is 0 Å². The largest absolute Gasteiger partial charge is 0.392 e. The van der Waals surface area contributed by atoms with E-state index in [0.717, 1.165) is 11.1 Å². The van der Waals surface area contributed by atoms with E-state index in [2.05, 4.69) is 0 Å². The van der Waals surface area contributed by atoms with Crippen molar-refractivity contribution < 1.29 is 5.11 Å². The number of aliphatic hydroxyl groups is 1. The molecule has 66 valence electrons. The lowest BCUT2D eigenvalue weighted by molar-refractivity contribution is 0.280. The number of hydrogen-bond acceptors (Lipinski definition) is 3. The average molecular weight is 166 g/mol. The Hall–Kier alpha value is -0.900. The molecule has 0 aliphatic heterocycles. The highest BCUT2D eigenvalue weighted by Crippen LogP contribution is 2.14. The Kier molecular flexibility index (Phi) is 3.22. The van der Waals surface area contributed by atoms with Crippen LogP contribution in [0.2, 0.25) is 0 Å². The Morgan fingerprint density at radius 2 is 2.00 bits per heavy atom. The first-order valence-corrected chi connectivity index (χ1v) is 3.94. The molecular weight excluding hydrogens is 152 g/mol. The molecule has 0 radical (unpaired) electrons. The summed E-state index contributed by atoms with van der Waals surface area (Å²) >= 11 is 0. The molecular formula is C9H14N2O. The van der Waals surface area contributed by atoms with Gasteiger partial charge in [-0.3, -0.25) is 0 Å². The van der Waals surface area contributed by atoms with Crippen LogP contribution in [-0.4, -0.2) is 11.7 Å². The molecule has 0 heterocycles. The lowest BCUT2D eigenvalue weighted by Gasteiger charge is -2.12. The fourth-order valence-electron chi connectivity index (χ4n) is 1.17. The van der Waals surface area contributed by atoms with E-state index in [1.54, 1.807) is 0 Å². The molecule has 1 atom stereocenters. The first-order valence-electron chi connectivity index (χ1n) is 3.94. The lowest BCUT2D eigenvalue weighted by Crippen LogP contribution is -2.22. The van der Waals surface area contributed by atoms with Gasteiger partial charge in [0.15, 0.2) is 0 Å². The van der Waals surface area contributed by atoms with Crippen molar-refractivity contribution in [1.82, 2.24) is 0 Å². The van der Waals surface area contributed by atoms with E-state index >= 15 is 0 Å². The van der Waals surface area contributed by atoms with Gasteiger partial charge in [-0.05, 0) is 11.1 Å². The molecule has 0 saturated carbocycles. The van der Waals surface area contributed by atoms with E-state index in [1.807, 2.05) is 24.3 Å². The molecule has 1 aromatic carbocycles. The van der Waals surface area contributed by atoms with Crippen LogP contribution in [0.15, 0.2) is 24.3 Å². The predicted molar refractivity (Wildman–Crippen MR) is 48.3 cm³/mol. The average Bonchev–Trinajstić information content (AvgIpc) is 2.16. The summed E-state index contributed by atoms with van der Waals surface area (Å²) in [7, 11) is 0. The van der Waals surface area contributed by atoms with Crippen molar-refractivity contribution in [3.63, 3.8) is 0 Å². The summed E-state index contributed by atoms with van der Waals surface area (Å²) < 4.78 is 0. The summed E-state index contributed by atoms with van der Waals surface area (Å²) in [5.74, 6) is 0. The number of rotatable bonds is 3. The van der Waals surface area contributed by atoms with Crippen LogP contribution < -0.4 is 11.5 Å². The molecule has 0 fully saturated rings. The molecule has 0 aliphatic rings. The molecule has 3 nitrogen and oxygen atoms in total. The minimum Gasteiger partial charge on any atom is -0.392 e.